The topological polar surface area (TPSA) is 69.9 Å². The largest absolute Gasteiger partial charge is 0.511 e. The molecule has 0 aliphatic heterocycles. The molecule has 0 aromatic rings. The second-order valence-corrected chi connectivity index (χ2v) is 8.92. The number of hydrogen-bond acceptors (Lipinski definition) is 4. The highest BCUT2D eigenvalue weighted by molar-refractivity contribution is 6.15. The van der Waals surface area contributed by atoms with E-state index in [-0.39, 0.29) is 42.4 Å². The molecular formula is C23H33NO3. The number of aliphatic imine (C=N–C) groups is 1. The molecule has 0 spiro atoms. The summed E-state index contributed by atoms with van der Waals surface area (Å²) in [6.45, 7) is 10.9. The second-order valence-electron chi connectivity index (χ2n) is 8.92. The van der Waals surface area contributed by atoms with E-state index in [1.165, 1.54) is 17.4 Å². The molecule has 0 bridgehead atoms. The first-order chi connectivity index (χ1) is 12.8. The van der Waals surface area contributed by atoms with Gasteiger partial charge in [0.05, 0.1) is 18.7 Å². The van der Waals surface area contributed by atoms with Gasteiger partial charge in [-0.25, -0.2) is 0 Å². The standard InChI is InChI=1S/C23H33NO3/c1-6-14(3)19-15(4)11-16-9-13(2)10-17-20(16)23(19,5)22(27)18(21(17)26)12-24-7-8-25/h6,11-13,16-17,19-20,25,27H,7-10H2,1-5H3/b14-6+,24-12?/t13-,16-,17-,19+,20-,23+/m1/s1. The van der Waals surface area contributed by atoms with Gasteiger partial charge in [-0.3, -0.25) is 9.79 Å². The van der Waals surface area contributed by atoms with Gasteiger partial charge >= 0.3 is 0 Å². The van der Waals surface area contributed by atoms with Crippen LogP contribution >= 0.6 is 0 Å². The Kier molecular flexibility index (Phi) is 5.49. The Hall–Kier alpha value is -1.68. The van der Waals surface area contributed by atoms with Gasteiger partial charge in [-0.05, 0) is 51.4 Å². The van der Waals surface area contributed by atoms with Gasteiger partial charge in [0.15, 0.2) is 5.78 Å². The minimum Gasteiger partial charge on any atom is -0.511 e. The van der Waals surface area contributed by atoms with Crippen LogP contribution < -0.4 is 0 Å². The first-order valence-electron chi connectivity index (χ1n) is 10.2. The van der Waals surface area contributed by atoms with Gasteiger partial charge in [0, 0.05) is 23.5 Å². The molecule has 1 fully saturated rings. The SMILES string of the molecule is C/C=C(\C)[C@H]1C(C)=C[C@H]2C[C@@H](C)C[C@H]3C(=O)C(C=NCCO)=C(O)[C@]1(C)[C@H]23. The highest BCUT2D eigenvalue weighted by Crippen LogP contribution is 2.62. The van der Waals surface area contributed by atoms with Gasteiger partial charge in [0.2, 0.25) is 0 Å². The van der Waals surface area contributed by atoms with Crippen molar-refractivity contribution in [3.8, 4) is 0 Å². The van der Waals surface area contributed by atoms with Crippen LogP contribution in [-0.4, -0.2) is 35.4 Å². The summed E-state index contributed by atoms with van der Waals surface area (Å²) in [6.07, 6.45) is 7.94. The average molecular weight is 372 g/mol. The van der Waals surface area contributed by atoms with E-state index in [4.69, 9.17) is 5.11 Å². The Morgan fingerprint density at radius 1 is 1.41 bits per heavy atom. The van der Waals surface area contributed by atoms with E-state index in [9.17, 15) is 9.90 Å². The quantitative estimate of drug-likeness (QED) is 0.573. The fourth-order valence-corrected chi connectivity index (χ4v) is 6.23. The number of hydrogen-bond donors (Lipinski definition) is 2. The van der Waals surface area contributed by atoms with Crippen LogP contribution in [0.4, 0.5) is 0 Å². The highest BCUT2D eigenvalue weighted by atomic mass is 16.3. The van der Waals surface area contributed by atoms with Crippen LogP contribution in [0, 0.1) is 35.0 Å². The predicted molar refractivity (Wildman–Crippen MR) is 109 cm³/mol. The monoisotopic (exact) mass is 371 g/mol. The summed E-state index contributed by atoms with van der Waals surface area (Å²) in [5.74, 6) is 1.17. The maximum atomic E-state index is 13.3. The summed E-state index contributed by atoms with van der Waals surface area (Å²) in [7, 11) is 0. The lowest BCUT2D eigenvalue weighted by Gasteiger charge is -2.57. The molecule has 0 radical (unpaired) electrons. The summed E-state index contributed by atoms with van der Waals surface area (Å²) in [5, 5.41) is 20.4. The molecule has 3 aliphatic carbocycles. The first-order valence-corrected chi connectivity index (χ1v) is 10.2. The Bertz CT molecular complexity index is 745. The number of Topliss-reactive ketones (excluding diaryl/α,β-unsaturated/α-hetero) is 1. The Labute approximate surface area is 162 Å². The van der Waals surface area contributed by atoms with Gasteiger partial charge in [-0.2, -0.15) is 0 Å². The molecule has 0 amide bonds. The van der Waals surface area contributed by atoms with Gasteiger partial charge in [-0.1, -0.05) is 37.1 Å². The molecule has 148 valence electrons. The zero-order valence-electron chi connectivity index (χ0n) is 17.2. The van der Waals surface area contributed by atoms with Crippen molar-refractivity contribution in [2.45, 2.75) is 47.5 Å². The van der Waals surface area contributed by atoms with Crippen LogP contribution in [0.3, 0.4) is 0 Å². The Balaban J connectivity index is 2.24. The molecule has 6 atom stereocenters. The van der Waals surface area contributed by atoms with Crippen LogP contribution in [-0.2, 0) is 4.79 Å². The van der Waals surface area contributed by atoms with Crippen LogP contribution in [0.2, 0.25) is 0 Å². The fourth-order valence-electron chi connectivity index (χ4n) is 6.23. The molecule has 4 nitrogen and oxygen atoms in total. The molecule has 1 saturated carbocycles. The lowest BCUT2D eigenvalue weighted by Crippen LogP contribution is -2.55. The van der Waals surface area contributed by atoms with Crippen molar-refractivity contribution < 1.29 is 15.0 Å². The van der Waals surface area contributed by atoms with Gasteiger partial charge in [-0.15, -0.1) is 0 Å². The number of ketones is 1. The summed E-state index contributed by atoms with van der Waals surface area (Å²) < 4.78 is 0. The second kappa shape index (κ2) is 7.38. The molecule has 2 N–H and O–H groups in total. The minimum atomic E-state index is -0.501. The predicted octanol–water partition coefficient (Wildman–Crippen LogP) is 4.27. The first kappa shape index (κ1) is 20.1. The number of carbonyl (C=O) groups is 1. The lowest BCUT2D eigenvalue weighted by molar-refractivity contribution is -0.130. The Morgan fingerprint density at radius 3 is 2.74 bits per heavy atom. The number of carbonyl (C=O) groups excluding carboxylic acids is 1. The van der Waals surface area contributed by atoms with Crippen molar-refractivity contribution in [3.63, 3.8) is 0 Å². The van der Waals surface area contributed by atoms with Crippen molar-refractivity contribution in [2.75, 3.05) is 13.2 Å². The normalized spacial score (nSPS) is 39.6. The third-order valence-corrected chi connectivity index (χ3v) is 7.18. The number of rotatable bonds is 4. The average Bonchev–Trinajstić information content (AvgIpc) is 2.62. The van der Waals surface area contributed by atoms with E-state index in [0.717, 1.165) is 12.8 Å². The van der Waals surface area contributed by atoms with Gasteiger partial charge in [0.1, 0.15) is 5.76 Å². The van der Waals surface area contributed by atoms with Crippen molar-refractivity contribution in [2.24, 2.45) is 40.0 Å². The van der Waals surface area contributed by atoms with Crippen LogP contribution in [0.5, 0.6) is 0 Å². The molecule has 0 heterocycles. The minimum absolute atomic E-state index is 0.0260. The molecular weight excluding hydrogens is 338 g/mol. The molecule has 0 aromatic heterocycles. The maximum absolute atomic E-state index is 13.3. The number of aliphatic hydroxyl groups excluding tert-OH is 2. The zero-order valence-corrected chi connectivity index (χ0v) is 17.2. The van der Waals surface area contributed by atoms with Crippen LogP contribution in [0.1, 0.15) is 47.5 Å². The molecule has 27 heavy (non-hydrogen) atoms. The van der Waals surface area contributed by atoms with Crippen molar-refractivity contribution in [1.29, 1.82) is 0 Å². The van der Waals surface area contributed by atoms with Crippen molar-refractivity contribution in [3.05, 3.63) is 34.6 Å². The fraction of sp³-hybridized carbons (Fsp3) is 0.652. The molecule has 0 saturated heterocycles. The molecule has 3 rings (SSSR count). The van der Waals surface area contributed by atoms with E-state index >= 15 is 0 Å². The molecule has 0 unspecified atom stereocenters. The smallest absolute Gasteiger partial charge is 0.171 e. The molecule has 0 aromatic carbocycles. The number of nitrogens with zero attached hydrogens (tertiary/aromatic N) is 1. The summed E-state index contributed by atoms with van der Waals surface area (Å²) in [5.41, 5.74) is 2.37. The van der Waals surface area contributed by atoms with E-state index in [2.05, 4.69) is 44.8 Å². The lowest BCUT2D eigenvalue weighted by atomic mass is 9.45. The van der Waals surface area contributed by atoms with E-state index in [1.54, 1.807) is 0 Å². The third-order valence-electron chi connectivity index (χ3n) is 7.18. The third kappa shape index (κ3) is 3.02. The number of aliphatic hydroxyl groups is 2. The van der Waals surface area contributed by atoms with Crippen molar-refractivity contribution >= 4 is 12.0 Å². The maximum Gasteiger partial charge on any atom is 0.171 e. The summed E-state index contributed by atoms with van der Waals surface area (Å²) in [4.78, 5) is 17.5. The van der Waals surface area contributed by atoms with E-state index in [1.807, 2.05) is 6.92 Å². The highest BCUT2D eigenvalue weighted by Gasteiger charge is 2.60. The van der Waals surface area contributed by atoms with Crippen molar-refractivity contribution in [1.82, 2.24) is 0 Å². The summed E-state index contributed by atoms with van der Waals surface area (Å²) >= 11 is 0. The van der Waals surface area contributed by atoms with Crippen LogP contribution in [0.25, 0.3) is 0 Å². The van der Waals surface area contributed by atoms with Crippen LogP contribution in [0.15, 0.2) is 39.6 Å². The molecule has 4 heteroatoms. The van der Waals surface area contributed by atoms with Gasteiger partial charge in [0.25, 0.3) is 0 Å². The van der Waals surface area contributed by atoms with E-state index < -0.39 is 5.41 Å². The van der Waals surface area contributed by atoms with Gasteiger partial charge < -0.3 is 10.2 Å². The van der Waals surface area contributed by atoms with E-state index in [0.29, 0.717) is 17.4 Å². The zero-order chi connectivity index (χ0) is 19.9. The molecule has 3 aliphatic rings. The number of allylic oxidation sites excluding steroid dienone is 6. The summed E-state index contributed by atoms with van der Waals surface area (Å²) in [6, 6.07) is 0. The Morgan fingerprint density at radius 2 is 2.11 bits per heavy atom.